The lowest BCUT2D eigenvalue weighted by molar-refractivity contribution is -0.119. The lowest BCUT2D eigenvalue weighted by Gasteiger charge is -2.34. The number of carbonyl (C=O) groups is 2. The molecule has 0 spiro atoms. The van der Waals surface area contributed by atoms with Crippen LogP contribution in [0.2, 0.25) is 5.02 Å². The summed E-state index contributed by atoms with van der Waals surface area (Å²) in [7, 11) is -2.52. The molecule has 174 valence electrons. The van der Waals surface area contributed by atoms with E-state index < -0.39 is 22.5 Å². The molecular weight excluding hydrogens is 472 g/mol. The van der Waals surface area contributed by atoms with Gasteiger partial charge in [0.05, 0.1) is 22.6 Å². The van der Waals surface area contributed by atoms with Gasteiger partial charge in [-0.1, -0.05) is 23.7 Å². The van der Waals surface area contributed by atoms with Gasteiger partial charge in [-0.3, -0.25) is 9.59 Å². The average molecular weight is 493 g/mol. The fourth-order valence-electron chi connectivity index (χ4n) is 3.36. The monoisotopic (exact) mass is 492 g/mol. The number of piperazine rings is 1. The molecule has 1 saturated heterocycles. The van der Waals surface area contributed by atoms with Gasteiger partial charge < -0.3 is 20.1 Å². The van der Waals surface area contributed by atoms with Crippen LogP contribution in [0.15, 0.2) is 41.3 Å². The van der Waals surface area contributed by atoms with Gasteiger partial charge in [-0.15, -0.1) is 0 Å². The number of nitrogens with zero attached hydrogens (tertiary/aromatic N) is 3. The van der Waals surface area contributed by atoms with E-state index in [4.69, 9.17) is 26.8 Å². The minimum atomic E-state index is -3.88. The fourth-order valence-corrected chi connectivity index (χ4v) is 5.19. The van der Waals surface area contributed by atoms with Gasteiger partial charge >= 0.3 is 0 Å². The van der Waals surface area contributed by atoms with Gasteiger partial charge in [0.1, 0.15) is 6.07 Å². The molecule has 0 unspecified atom stereocenters. The first-order valence-corrected chi connectivity index (χ1v) is 11.6. The lowest BCUT2D eigenvalue weighted by atomic mass is 10.1. The highest BCUT2D eigenvalue weighted by atomic mass is 35.5. The van der Waals surface area contributed by atoms with E-state index in [0.717, 1.165) is 0 Å². The zero-order valence-corrected chi connectivity index (χ0v) is 19.2. The standard InChI is InChI=1S/C21H21ClN4O6S/c1-31-17-11-15(10-16(22)20(17)32-13-19(24)27)21(28)25-6-8-26(9-7-25)33(29,30)18-5-3-2-4-14(18)12-23/h2-5,10-11H,6-9,13H2,1H3,(H2,24,27). The van der Waals surface area contributed by atoms with Crippen LogP contribution in [0.5, 0.6) is 11.5 Å². The SMILES string of the molecule is COc1cc(C(=O)N2CCN(S(=O)(=O)c3ccccc3C#N)CC2)cc(Cl)c1OCC(N)=O. The van der Waals surface area contributed by atoms with Gasteiger partial charge in [-0.2, -0.15) is 9.57 Å². The van der Waals surface area contributed by atoms with E-state index in [-0.39, 0.29) is 64.6 Å². The van der Waals surface area contributed by atoms with Crippen molar-refractivity contribution < 1.29 is 27.5 Å². The second-order valence-corrected chi connectivity index (χ2v) is 9.36. The van der Waals surface area contributed by atoms with Crippen molar-refractivity contribution >= 4 is 33.4 Å². The zero-order valence-electron chi connectivity index (χ0n) is 17.7. The Hall–Kier alpha value is -3.33. The molecule has 12 heteroatoms. The van der Waals surface area contributed by atoms with Crippen LogP contribution in [0.4, 0.5) is 0 Å². The second-order valence-electron chi connectivity index (χ2n) is 7.05. The summed E-state index contributed by atoms with van der Waals surface area (Å²) in [6.07, 6.45) is 0. The molecule has 0 radical (unpaired) electrons. The molecule has 1 fully saturated rings. The molecule has 1 heterocycles. The van der Waals surface area contributed by atoms with Crippen molar-refractivity contribution in [2.45, 2.75) is 4.90 Å². The summed E-state index contributed by atoms with van der Waals surface area (Å²) in [6, 6.07) is 10.7. The molecule has 10 nitrogen and oxygen atoms in total. The minimum absolute atomic E-state index is 0.0599. The third kappa shape index (κ3) is 5.19. The van der Waals surface area contributed by atoms with Crippen molar-refractivity contribution in [2.75, 3.05) is 39.9 Å². The number of amides is 2. The number of primary amides is 1. The number of benzene rings is 2. The third-order valence-electron chi connectivity index (χ3n) is 4.99. The maximum atomic E-state index is 13.0. The highest BCUT2D eigenvalue weighted by Crippen LogP contribution is 2.37. The van der Waals surface area contributed by atoms with Crippen molar-refractivity contribution in [3.8, 4) is 17.6 Å². The number of hydrogen-bond donors (Lipinski definition) is 1. The number of rotatable bonds is 7. The fraction of sp³-hybridized carbons (Fsp3) is 0.286. The summed E-state index contributed by atoms with van der Waals surface area (Å²) in [5, 5.41) is 9.29. The second kappa shape index (κ2) is 10.1. The molecule has 0 bridgehead atoms. The number of hydrogen-bond acceptors (Lipinski definition) is 7. The molecule has 1 aliphatic rings. The molecule has 0 atom stereocenters. The highest BCUT2D eigenvalue weighted by Gasteiger charge is 2.32. The van der Waals surface area contributed by atoms with Crippen LogP contribution in [0.25, 0.3) is 0 Å². The van der Waals surface area contributed by atoms with Gasteiger partial charge in [0.15, 0.2) is 18.1 Å². The highest BCUT2D eigenvalue weighted by molar-refractivity contribution is 7.89. The Labute approximate surface area is 196 Å². The Balaban J connectivity index is 1.75. The Bertz CT molecular complexity index is 1220. The first-order chi connectivity index (χ1) is 15.7. The molecule has 2 aromatic carbocycles. The summed E-state index contributed by atoms with van der Waals surface area (Å²) in [4.78, 5) is 25.4. The van der Waals surface area contributed by atoms with Crippen LogP contribution in [-0.2, 0) is 14.8 Å². The Morgan fingerprint density at radius 3 is 2.45 bits per heavy atom. The van der Waals surface area contributed by atoms with Crippen LogP contribution in [-0.4, -0.2) is 69.3 Å². The summed E-state index contributed by atoms with van der Waals surface area (Å²) in [6.45, 7) is 0.0189. The number of sulfonamides is 1. The zero-order chi connectivity index (χ0) is 24.2. The van der Waals surface area contributed by atoms with Crippen LogP contribution in [0.1, 0.15) is 15.9 Å². The molecule has 2 aromatic rings. The van der Waals surface area contributed by atoms with Crippen LogP contribution < -0.4 is 15.2 Å². The van der Waals surface area contributed by atoms with Gasteiger partial charge in [-0.05, 0) is 24.3 Å². The Morgan fingerprint density at radius 2 is 1.85 bits per heavy atom. The molecule has 1 aliphatic heterocycles. The molecule has 3 rings (SSSR count). The summed E-state index contributed by atoms with van der Waals surface area (Å²) < 4.78 is 37.7. The summed E-state index contributed by atoms with van der Waals surface area (Å²) >= 11 is 6.22. The quantitative estimate of drug-likeness (QED) is 0.612. The van der Waals surface area contributed by atoms with Crippen LogP contribution in [0.3, 0.4) is 0 Å². The number of methoxy groups -OCH3 is 1. The number of nitriles is 1. The van der Waals surface area contributed by atoms with Crippen LogP contribution in [0, 0.1) is 11.3 Å². The summed E-state index contributed by atoms with van der Waals surface area (Å²) in [5.74, 6) is -0.826. The molecule has 0 aliphatic carbocycles. The van der Waals surface area contributed by atoms with Crippen molar-refractivity contribution in [2.24, 2.45) is 5.73 Å². The van der Waals surface area contributed by atoms with E-state index in [0.29, 0.717) is 0 Å². The first kappa shape index (κ1) is 24.3. The van der Waals surface area contributed by atoms with E-state index in [1.807, 2.05) is 6.07 Å². The average Bonchev–Trinajstić information content (AvgIpc) is 2.82. The largest absolute Gasteiger partial charge is 0.493 e. The van der Waals surface area contributed by atoms with Gasteiger partial charge in [-0.25, -0.2) is 8.42 Å². The van der Waals surface area contributed by atoms with Crippen molar-refractivity contribution in [1.82, 2.24) is 9.21 Å². The maximum Gasteiger partial charge on any atom is 0.255 e. The number of nitrogens with two attached hydrogens (primary N) is 1. The van der Waals surface area contributed by atoms with Gasteiger partial charge in [0.25, 0.3) is 11.8 Å². The van der Waals surface area contributed by atoms with E-state index >= 15 is 0 Å². The molecule has 33 heavy (non-hydrogen) atoms. The number of ether oxygens (including phenoxy) is 2. The van der Waals surface area contributed by atoms with E-state index in [9.17, 15) is 23.3 Å². The number of carbonyl (C=O) groups excluding carboxylic acids is 2. The van der Waals surface area contributed by atoms with Crippen LogP contribution >= 0.6 is 11.6 Å². The molecule has 0 saturated carbocycles. The van der Waals surface area contributed by atoms with Gasteiger partial charge in [0, 0.05) is 31.7 Å². The molecule has 2 N–H and O–H groups in total. The van der Waals surface area contributed by atoms with E-state index in [2.05, 4.69) is 0 Å². The van der Waals surface area contributed by atoms with E-state index in [1.165, 1.54) is 40.6 Å². The predicted molar refractivity (Wildman–Crippen MR) is 119 cm³/mol. The summed E-state index contributed by atoms with van der Waals surface area (Å²) in [5.41, 5.74) is 5.36. The van der Waals surface area contributed by atoms with E-state index in [1.54, 1.807) is 12.1 Å². The first-order valence-electron chi connectivity index (χ1n) is 9.76. The van der Waals surface area contributed by atoms with Crippen molar-refractivity contribution in [3.05, 3.63) is 52.5 Å². The maximum absolute atomic E-state index is 13.0. The predicted octanol–water partition coefficient (Wildman–Crippen LogP) is 1.23. The topological polar surface area (TPSA) is 143 Å². The van der Waals surface area contributed by atoms with Crippen molar-refractivity contribution in [3.63, 3.8) is 0 Å². The Kier molecular flexibility index (Phi) is 7.43. The third-order valence-corrected chi connectivity index (χ3v) is 7.22. The minimum Gasteiger partial charge on any atom is -0.493 e. The van der Waals surface area contributed by atoms with Crippen molar-refractivity contribution in [1.29, 1.82) is 5.26 Å². The lowest BCUT2D eigenvalue weighted by Crippen LogP contribution is -2.50. The Morgan fingerprint density at radius 1 is 1.18 bits per heavy atom. The molecule has 2 amide bonds. The molecule has 0 aromatic heterocycles. The molecular formula is C21H21ClN4O6S. The smallest absolute Gasteiger partial charge is 0.255 e. The van der Waals surface area contributed by atoms with Gasteiger partial charge in [0.2, 0.25) is 10.0 Å². The number of halogens is 1. The normalized spacial score (nSPS) is 14.4.